The molecule has 7 heteroatoms. The van der Waals surface area contributed by atoms with Gasteiger partial charge in [-0.25, -0.2) is 13.2 Å². The zero-order valence-corrected chi connectivity index (χ0v) is 13.3. The van der Waals surface area contributed by atoms with Crippen molar-refractivity contribution in [2.75, 3.05) is 5.32 Å². The molecule has 1 aromatic heterocycles. The van der Waals surface area contributed by atoms with Crippen LogP contribution in [-0.4, -0.2) is 9.78 Å². The summed E-state index contributed by atoms with van der Waals surface area (Å²) in [5, 5.41) is 7.19. The van der Waals surface area contributed by atoms with Gasteiger partial charge in [0.2, 0.25) is 0 Å². The van der Waals surface area contributed by atoms with Crippen LogP contribution in [0.15, 0.2) is 16.6 Å². The Morgan fingerprint density at radius 2 is 1.90 bits per heavy atom. The van der Waals surface area contributed by atoms with Gasteiger partial charge in [0, 0.05) is 6.54 Å². The molecule has 0 saturated carbocycles. The van der Waals surface area contributed by atoms with Gasteiger partial charge in [0.25, 0.3) is 0 Å². The average molecular weight is 362 g/mol. The molecular formula is C14H15BrF3N3. The lowest BCUT2D eigenvalue weighted by molar-refractivity contribution is 0.449. The van der Waals surface area contributed by atoms with E-state index in [4.69, 9.17) is 0 Å². The Bertz CT molecular complexity index is 655. The molecular weight excluding hydrogens is 347 g/mol. The van der Waals surface area contributed by atoms with Crippen LogP contribution in [0.25, 0.3) is 0 Å². The van der Waals surface area contributed by atoms with Gasteiger partial charge >= 0.3 is 0 Å². The Morgan fingerprint density at radius 1 is 1.19 bits per heavy atom. The lowest BCUT2D eigenvalue weighted by Crippen LogP contribution is -2.10. The largest absolute Gasteiger partial charge is 0.377 e. The number of anilines is 1. The molecule has 0 aliphatic carbocycles. The standard InChI is InChI=1S/C14H15BrF3N3/c1-3-9-12(15)11(21(4-2)20-9)7-19-10-6-5-8(16)13(17)14(10)18/h5-6,19H,3-4,7H2,1-2H3. The first-order chi connectivity index (χ1) is 9.99. The second-order valence-electron chi connectivity index (χ2n) is 4.45. The molecule has 0 fully saturated rings. The quantitative estimate of drug-likeness (QED) is 0.806. The zero-order valence-electron chi connectivity index (χ0n) is 11.7. The lowest BCUT2D eigenvalue weighted by atomic mass is 10.2. The number of halogens is 4. The molecule has 0 unspecified atom stereocenters. The van der Waals surface area contributed by atoms with E-state index in [1.165, 1.54) is 6.07 Å². The van der Waals surface area contributed by atoms with E-state index >= 15 is 0 Å². The summed E-state index contributed by atoms with van der Waals surface area (Å²) in [5.74, 6) is -3.90. The van der Waals surface area contributed by atoms with E-state index in [0.29, 0.717) is 6.54 Å². The van der Waals surface area contributed by atoms with Crippen LogP contribution in [0, 0.1) is 17.5 Å². The van der Waals surface area contributed by atoms with Crippen LogP contribution in [0.4, 0.5) is 18.9 Å². The molecule has 2 rings (SSSR count). The topological polar surface area (TPSA) is 29.9 Å². The second kappa shape index (κ2) is 6.51. The van der Waals surface area contributed by atoms with Crippen LogP contribution < -0.4 is 5.32 Å². The zero-order chi connectivity index (χ0) is 15.6. The minimum Gasteiger partial charge on any atom is -0.377 e. The first-order valence-electron chi connectivity index (χ1n) is 6.60. The van der Waals surface area contributed by atoms with Crippen molar-refractivity contribution in [2.45, 2.75) is 33.4 Å². The van der Waals surface area contributed by atoms with Gasteiger partial charge in [0.15, 0.2) is 17.5 Å². The van der Waals surface area contributed by atoms with E-state index < -0.39 is 17.5 Å². The van der Waals surface area contributed by atoms with E-state index in [0.717, 1.165) is 28.3 Å². The molecule has 21 heavy (non-hydrogen) atoms. The number of aryl methyl sites for hydroxylation is 2. The monoisotopic (exact) mass is 361 g/mol. The van der Waals surface area contributed by atoms with E-state index in [1.807, 2.05) is 13.8 Å². The van der Waals surface area contributed by atoms with Gasteiger partial charge in [0.05, 0.1) is 28.1 Å². The smallest absolute Gasteiger partial charge is 0.196 e. The van der Waals surface area contributed by atoms with Gasteiger partial charge in [-0.05, 0) is 41.4 Å². The van der Waals surface area contributed by atoms with Crippen molar-refractivity contribution in [1.82, 2.24) is 9.78 Å². The van der Waals surface area contributed by atoms with E-state index in [2.05, 4.69) is 26.3 Å². The molecule has 0 aliphatic rings. The minimum atomic E-state index is -1.47. The average Bonchev–Trinajstić information content (AvgIpc) is 2.80. The molecule has 0 spiro atoms. The van der Waals surface area contributed by atoms with Crippen molar-refractivity contribution < 1.29 is 13.2 Å². The summed E-state index contributed by atoms with van der Waals surface area (Å²) in [6, 6.07) is 2.07. The lowest BCUT2D eigenvalue weighted by Gasteiger charge is -2.10. The third-order valence-electron chi connectivity index (χ3n) is 3.18. The second-order valence-corrected chi connectivity index (χ2v) is 5.25. The highest BCUT2D eigenvalue weighted by Crippen LogP contribution is 2.25. The van der Waals surface area contributed by atoms with Crippen molar-refractivity contribution in [1.29, 1.82) is 0 Å². The molecule has 0 amide bonds. The number of nitrogens with one attached hydrogen (secondary N) is 1. The van der Waals surface area contributed by atoms with Crippen LogP contribution in [-0.2, 0) is 19.5 Å². The SMILES string of the molecule is CCc1nn(CC)c(CNc2ccc(F)c(F)c2F)c1Br. The molecule has 114 valence electrons. The number of nitrogens with zero attached hydrogens (tertiary/aromatic N) is 2. The predicted octanol–water partition coefficient (Wildman–Crippen LogP) is 4.26. The van der Waals surface area contributed by atoms with Gasteiger partial charge in [-0.15, -0.1) is 0 Å². The van der Waals surface area contributed by atoms with E-state index in [1.54, 1.807) is 4.68 Å². The highest BCUT2D eigenvalue weighted by Gasteiger charge is 2.16. The van der Waals surface area contributed by atoms with Gasteiger partial charge in [-0.3, -0.25) is 4.68 Å². The molecule has 0 radical (unpaired) electrons. The predicted molar refractivity (Wildman–Crippen MR) is 78.6 cm³/mol. The third-order valence-corrected chi connectivity index (χ3v) is 4.09. The van der Waals surface area contributed by atoms with E-state index in [9.17, 15) is 13.2 Å². The third kappa shape index (κ3) is 3.07. The number of hydrogen-bond acceptors (Lipinski definition) is 2. The number of benzene rings is 1. The summed E-state index contributed by atoms with van der Waals surface area (Å²) in [4.78, 5) is 0. The summed E-state index contributed by atoms with van der Waals surface area (Å²) >= 11 is 3.47. The summed E-state index contributed by atoms with van der Waals surface area (Å²) in [6.45, 7) is 4.85. The fourth-order valence-electron chi connectivity index (χ4n) is 2.03. The molecule has 3 nitrogen and oxygen atoms in total. The van der Waals surface area contributed by atoms with Crippen molar-refractivity contribution in [3.63, 3.8) is 0 Å². The van der Waals surface area contributed by atoms with Crippen LogP contribution in [0.3, 0.4) is 0 Å². The van der Waals surface area contributed by atoms with Crippen molar-refractivity contribution in [2.24, 2.45) is 0 Å². The van der Waals surface area contributed by atoms with Crippen LogP contribution in [0.5, 0.6) is 0 Å². The molecule has 0 saturated heterocycles. The van der Waals surface area contributed by atoms with E-state index in [-0.39, 0.29) is 12.2 Å². The van der Waals surface area contributed by atoms with Gasteiger partial charge in [0.1, 0.15) is 0 Å². The Balaban J connectivity index is 2.24. The summed E-state index contributed by atoms with van der Waals surface area (Å²) in [5.41, 5.74) is 1.65. The van der Waals surface area contributed by atoms with Gasteiger partial charge < -0.3 is 5.32 Å². The Kier molecular flexibility index (Phi) is 4.92. The summed E-state index contributed by atoms with van der Waals surface area (Å²) < 4.78 is 42.3. The molecule has 1 heterocycles. The molecule has 0 aliphatic heterocycles. The molecule has 2 aromatic rings. The fourth-order valence-corrected chi connectivity index (χ4v) is 2.73. The highest BCUT2D eigenvalue weighted by atomic mass is 79.9. The van der Waals surface area contributed by atoms with Crippen molar-refractivity contribution in [3.8, 4) is 0 Å². The maximum Gasteiger partial charge on any atom is 0.196 e. The maximum absolute atomic E-state index is 13.6. The molecule has 0 atom stereocenters. The normalized spacial score (nSPS) is 11.0. The maximum atomic E-state index is 13.6. The first kappa shape index (κ1) is 15.9. The molecule has 1 aromatic carbocycles. The highest BCUT2D eigenvalue weighted by molar-refractivity contribution is 9.10. The first-order valence-corrected chi connectivity index (χ1v) is 7.40. The minimum absolute atomic E-state index is 0.0808. The Morgan fingerprint density at radius 3 is 2.52 bits per heavy atom. The Labute approximate surface area is 129 Å². The van der Waals surface area contributed by atoms with Crippen molar-refractivity contribution in [3.05, 3.63) is 45.4 Å². The van der Waals surface area contributed by atoms with Crippen LogP contribution in [0.2, 0.25) is 0 Å². The summed E-state index contributed by atoms with van der Waals surface area (Å²) in [7, 11) is 0. The van der Waals surface area contributed by atoms with Crippen molar-refractivity contribution >= 4 is 21.6 Å². The molecule has 0 bridgehead atoms. The fraction of sp³-hybridized carbons (Fsp3) is 0.357. The summed E-state index contributed by atoms with van der Waals surface area (Å²) in [6.07, 6.45) is 0.764. The number of aromatic nitrogens is 2. The van der Waals surface area contributed by atoms with Crippen LogP contribution in [0.1, 0.15) is 25.2 Å². The number of rotatable bonds is 5. The van der Waals surface area contributed by atoms with Gasteiger partial charge in [-0.2, -0.15) is 5.10 Å². The Hall–Kier alpha value is -1.50. The molecule has 1 N–H and O–H groups in total. The van der Waals surface area contributed by atoms with Crippen LogP contribution >= 0.6 is 15.9 Å². The number of hydrogen-bond donors (Lipinski definition) is 1. The van der Waals surface area contributed by atoms with Gasteiger partial charge in [-0.1, -0.05) is 6.92 Å².